The van der Waals surface area contributed by atoms with Gasteiger partial charge in [-0.1, -0.05) is 0 Å². The van der Waals surface area contributed by atoms with Crippen LogP contribution < -0.4 is 5.69 Å². The Morgan fingerprint density at radius 2 is 2.05 bits per heavy atom. The van der Waals surface area contributed by atoms with Crippen molar-refractivity contribution in [3.8, 4) is 0 Å². The van der Waals surface area contributed by atoms with Crippen LogP contribution in [-0.4, -0.2) is 24.3 Å². The van der Waals surface area contributed by atoms with Crippen LogP contribution in [-0.2, 0) is 19.5 Å². The predicted octanol–water partition coefficient (Wildman–Crippen LogP) is 1.60. The fourth-order valence-electron chi connectivity index (χ4n) is 2.59. The van der Waals surface area contributed by atoms with Crippen molar-refractivity contribution < 1.29 is 0 Å². The maximum Gasteiger partial charge on any atom is 0.348 e. The molecular weight excluding hydrogens is 322 g/mol. The van der Waals surface area contributed by atoms with Crippen LogP contribution in [0.4, 0.5) is 0 Å². The minimum atomic E-state index is -0.239. The molecule has 7 heteroatoms. The van der Waals surface area contributed by atoms with E-state index in [2.05, 4.69) is 35.7 Å². The van der Waals surface area contributed by atoms with E-state index >= 15 is 0 Å². The molecule has 0 bridgehead atoms. The molecule has 2 aromatic heterocycles. The summed E-state index contributed by atoms with van der Waals surface area (Å²) in [6.07, 6.45) is 3.27. The van der Waals surface area contributed by atoms with Gasteiger partial charge in [-0.15, -0.1) is 10.2 Å². The van der Waals surface area contributed by atoms with E-state index in [9.17, 15) is 4.79 Å². The lowest BCUT2D eigenvalue weighted by molar-refractivity contribution is 0.497. The fraction of sp³-hybridized carbons (Fsp3) is 0.538. The zero-order valence-electron chi connectivity index (χ0n) is 11.6. The maximum atomic E-state index is 12.1. The van der Waals surface area contributed by atoms with E-state index in [0.29, 0.717) is 12.2 Å². The fourth-order valence-corrected chi connectivity index (χ4v) is 2.89. The molecule has 0 aromatic carbocycles. The van der Waals surface area contributed by atoms with Crippen LogP contribution in [0.25, 0.3) is 0 Å². The first-order chi connectivity index (χ1) is 9.58. The van der Waals surface area contributed by atoms with Crippen LogP contribution in [0, 0.1) is 13.8 Å². The van der Waals surface area contributed by atoms with Gasteiger partial charge in [0.2, 0.25) is 0 Å². The van der Waals surface area contributed by atoms with E-state index < -0.39 is 0 Å². The minimum Gasteiger partial charge on any atom is -0.313 e. The number of aryl methyl sites for hydroxylation is 2. The highest BCUT2D eigenvalue weighted by atomic mass is 79.9. The summed E-state index contributed by atoms with van der Waals surface area (Å²) in [6, 6.07) is 0. The molecule has 0 unspecified atom stereocenters. The van der Waals surface area contributed by atoms with Gasteiger partial charge in [0.25, 0.3) is 0 Å². The van der Waals surface area contributed by atoms with E-state index in [-0.39, 0.29) is 5.69 Å². The molecular formula is C13H16BrN5O. The Kier molecular flexibility index (Phi) is 3.45. The molecule has 1 aliphatic rings. The van der Waals surface area contributed by atoms with E-state index in [4.69, 9.17) is 0 Å². The Hall–Kier alpha value is -1.50. The van der Waals surface area contributed by atoms with Gasteiger partial charge in [-0.2, -0.15) is 4.98 Å². The first-order valence-corrected chi connectivity index (χ1v) is 7.51. The van der Waals surface area contributed by atoms with Crippen molar-refractivity contribution in [3.05, 3.63) is 38.0 Å². The van der Waals surface area contributed by atoms with Gasteiger partial charge in [0.05, 0.1) is 16.7 Å². The maximum absolute atomic E-state index is 12.1. The van der Waals surface area contributed by atoms with Crippen molar-refractivity contribution in [3.63, 3.8) is 0 Å². The first kappa shape index (κ1) is 13.5. The van der Waals surface area contributed by atoms with Gasteiger partial charge in [0.15, 0.2) is 5.82 Å². The lowest BCUT2D eigenvalue weighted by Gasteiger charge is -2.16. The van der Waals surface area contributed by atoms with E-state index in [1.165, 1.54) is 0 Å². The molecule has 0 aliphatic carbocycles. The molecule has 6 nitrogen and oxygen atoms in total. The van der Waals surface area contributed by atoms with Crippen LogP contribution in [0.15, 0.2) is 9.27 Å². The standard InChI is InChI=1S/C13H16BrN5O/c1-8-12(14)9(2)19(13(20)15-8)7-11-17-16-10-5-3-4-6-18(10)11/h3-7H2,1-2H3. The molecule has 0 amide bonds. The number of aromatic nitrogens is 5. The predicted molar refractivity (Wildman–Crippen MR) is 77.7 cm³/mol. The molecule has 1 aliphatic heterocycles. The van der Waals surface area contributed by atoms with Crippen molar-refractivity contribution in [2.75, 3.05) is 0 Å². The molecule has 0 fully saturated rings. The van der Waals surface area contributed by atoms with E-state index in [0.717, 1.165) is 47.6 Å². The normalized spacial score (nSPS) is 14.3. The molecule has 20 heavy (non-hydrogen) atoms. The summed E-state index contributed by atoms with van der Waals surface area (Å²) in [6.45, 7) is 5.09. The van der Waals surface area contributed by atoms with Gasteiger partial charge in [-0.3, -0.25) is 4.57 Å². The molecule has 3 heterocycles. The van der Waals surface area contributed by atoms with Crippen LogP contribution in [0.1, 0.15) is 35.9 Å². The van der Waals surface area contributed by atoms with Gasteiger partial charge < -0.3 is 4.57 Å². The van der Waals surface area contributed by atoms with Crippen LogP contribution >= 0.6 is 15.9 Å². The van der Waals surface area contributed by atoms with Gasteiger partial charge in [0.1, 0.15) is 5.82 Å². The zero-order chi connectivity index (χ0) is 14.3. The number of fused-ring (bicyclic) bond motifs is 1. The average Bonchev–Trinajstić information content (AvgIpc) is 2.84. The largest absolute Gasteiger partial charge is 0.348 e. The summed E-state index contributed by atoms with van der Waals surface area (Å²) in [5, 5.41) is 8.46. The van der Waals surface area contributed by atoms with Crippen molar-refractivity contribution in [2.24, 2.45) is 0 Å². The van der Waals surface area contributed by atoms with Crippen molar-refractivity contribution >= 4 is 15.9 Å². The summed E-state index contributed by atoms with van der Waals surface area (Å²) < 4.78 is 4.64. The Bertz CT molecular complexity index is 718. The third-order valence-electron chi connectivity index (χ3n) is 3.77. The molecule has 0 atom stereocenters. The van der Waals surface area contributed by atoms with Crippen LogP contribution in [0.5, 0.6) is 0 Å². The van der Waals surface area contributed by atoms with Crippen LogP contribution in [0.3, 0.4) is 0 Å². The number of rotatable bonds is 2. The summed E-state index contributed by atoms with van der Waals surface area (Å²) in [5.74, 6) is 1.86. The minimum absolute atomic E-state index is 0.239. The van der Waals surface area contributed by atoms with Crippen molar-refractivity contribution in [2.45, 2.75) is 46.2 Å². The molecule has 0 saturated heterocycles. The molecule has 0 saturated carbocycles. The number of hydrogen-bond donors (Lipinski definition) is 0. The lowest BCUT2D eigenvalue weighted by Crippen LogP contribution is -2.28. The molecule has 3 rings (SSSR count). The smallest absolute Gasteiger partial charge is 0.313 e. The number of nitrogens with zero attached hydrogens (tertiary/aromatic N) is 5. The third-order valence-corrected chi connectivity index (χ3v) is 4.92. The summed E-state index contributed by atoms with van der Waals surface area (Å²) in [4.78, 5) is 16.1. The second-order valence-electron chi connectivity index (χ2n) is 5.11. The Morgan fingerprint density at radius 3 is 2.85 bits per heavy atom. The molecule has 2 aromatic rings. The lowest BCUT2D eigenvalue weighted by atomic mass is 10.2. The Morgan fingerprint density at radius 1 is 1.25 bits per heavy atom. The summed E-state index contributed by atoms with van der Waals surface area (Å²) in [5.41, 5.74) is 1.35. The summed E-state index contributed by atoms with van der Waals surface area (Å²) >= 11 is 3.48. The number of hydrogen-bond acceptors (Lipinski definition) is 4. The van der Waals surface area contributed by atoms with Crippen molar-refractivity contribution in [1.82, 2.24) is 24.3 Å². The van der Waals surface area contributed by atoms with E-state index in [1.807, 2.05) is 13.8 Å². The Labute approximate surface area is 125 Å². The van der Waals surface area contributed by atoms with Crippen molar-refractivity contribution in [1.29, 1.82) is 0 Å². The highest BCUT2D eigenvalue weighted by molar-refractivity contribution is 9.10. The number of halogens is 1. The SMILES string of the molecule is Cc1nc(=O)n(Cc2nnc3n2CCCC3)c(C)c1Br. The average molecular weight is 338 g/mol. The molecule has 106 valence electrons. The highest BCUT2D eigenvalue weighted by Gasteiger charge is 2.18. The second-order valence-corrected chi connectivity index (χ2v) is 5.90. The quantitative estimate of drug-likeness (QED) is 0.834. The van der Waals surface area contributed by atoms with Gasteiger partial charge in [-0.25, -0.2) is 4.79 Å². The Balaban J connectivity index is 2.02. The first-order valence-electron chi connectivity index (χ1n) is 6.72. The monoisotopic (exact) mass is 337 g/mol. The zero-order valence-corrected chi connectivity index (χ0v) is 13.1. The van der Waals surface area contributed by atoms with Gasteiger partial charge in [0, 0.05) is 18.7 Å². The summed E-state index contributed by atoms with van der Waals surface area (Å²) in [7, 11) is 0. The molecule has 0 N–H and O–H groups in total. The molecule has 0 spiro atoms. The second kappa shape index (κ2) is 5.12. The van der Waals surface area contributed by atoms with Crippen LogP contribution in [0.2, 0.25) is 0 Å². The third kappa shape index (κ3) is 2.19. The highest BCUT2D eigenvalue weighted by Crippen LogP contribution is 2.19. The van der Waals surface area contributed by atoms with Gasteiger partial charge in [-0.05, 0) is 42.6 Å². The topological polar surface area (TPSA) is 65.6 Å². The van der Waals surface area contributed by atoms with Gasteiger partial charge >= 0.3 is 5.69 Å². The van der Waals surface area contributed by atoms with E-state index in [1.54, 1.807) is 4.57 Å². The molecule has 0 radical (unpaired) electrons.